The lowest BCUT2D eigenvalue weighted by Crippen LogP contribution is -2.11. The predicted octanol–water partition coefficient (Wildman–Crippen LogP) is 3.71. The second-order valence-electron chi connectivity index (χ2n) is 4.07. The maximum absolute atomic E-state index is 12.7. The Kier molecular flexibility index (Phi) is 5.35. The minimum absolute atomic E-state index is 0.177. The van der Waals surface area contributed by atoms with Crippen LogP contribution in [0.2, 0.25) is 0 Å². The quantitative estimate of drug-likeness (QED) is 0.795. The molecule has 0 aliphatic heterocycles. The van der Waals surface area contributed by atoms with Crippen molar-refractivity contribution in [2.75, 3.05) is 11.1 Å². The fourth-order valence-corrected chi connectivity index (χ4v) is 3.13. The van der Waals surface area contributed by atoms with Gasteiger partial charge in [0.15, 0.2) is 0 Å². The highest BCUT2D eigenvalue weighted by atomic mass is 32.2. The summed E-state index contributed by atoms with van der Waals surface area (Å²) in [5, 5.41) is 12.0. The Morgan fingerprint density at radius 2 is 1.90 bits per heavy atom. The standard InChI is InChI=1S/C14H12FNO3S2/c15-9-1-3-10(4-2-9)20-8-7-12(17)16-13-6-5-11(21-13)14(18)19/h1-6H,7-8H2,(H,16,17)(H,18,19). The van der Waals surface area contributed by atoms with E-state index in [2.05, 4.69) is 5.32 Å². The molecule has 2 N–H and O–H groups in total. The molecule has 0 fully saturated rings. The van der Waals surface area contributed by atoms with Crippen LogP contribution in [0.25, 0.3) is 0 Å². The van der Waals surface area contributed by atoms with Gasteiger partial charge in [0.05, 0.1) is 5.00 Å². The smallest absolute Gasteiger partial charge is 0.345 e. The molecular weight excluding hydrogens is 313 g/mol. The van der Waals surface area contributed by atoms with Crippen molar-refractivity contribution >= 4 is 40.0 Å². The van der Waals surface area contributed by atoms with Crippen LogP contribution in [-0.4, -0.2) is 22.7 Å². The topological polar surface area (TPSA) is 66.4 Å². The fourth-order valence-electron chi connectivity index (χ4n) is 1.51. The molecule has 1 heterocycles. The number of nitrogens with one attached hydrogen (secondary N) is 1. The molecule has 2 aromatic rings. The van der Waals surface area contributed by atoms with Gasteiger partial charge < -0.3 is 10.4 Å². The lowest BCUT2D eigenvalue weighted by atomic mass is 10.4. The Labute approximate surface area is 129 Å². The van der Waals surface area contributed by atoms with E-state index in [-0.39, 0.29) is 16.6 Å². The maximum Gasteiger partial charge on any atom is 0.345 e. The van der Waals surface area contributed by atoms with Crippen LogP contribution >= 0.6 is 23.1 Å². The number of amides is 1. The molecule has 4 nitrogen and oxygen atoms in total. The van der Waals surface area contributed by atoms with E-state index < -0.39 is 5.97 Å². The predicted molar refractivity (Wildman–Crippen MR) is 81.6 cm³/mol. The molecule has 0 radical (unpaired) electrons. The summed E-state index contributed by atoms with van der Waals surface area (Å²) in [4.78, 5) is 23.5. The molecule has 0 aliphatic rings. The Balaban J connectivity index is 1.76. The fraction of sp³-hybridized carbons (Fsp3) is 0.143. The number of benzene rings is 1. The minimum Gasteiger partial charge on any atom is -0.477 e. The molecule has 0 aliphatic carbocycles. The SMILES string of the molecule is O=C(CCSc1ccc(F)cc1)Nc1ccc(C(=O)O)s1. The molecule has 0 saturated heterocycles. The number of hydrogen-bond acceptors (Lipinski definition) is 4. The highest BCUT2D eigenvalue weighted by Gasteiger charge is 2.09. The van der Waals surface area contributed by atoms with Crippen molar-refractivity contribution in [2.45, 2.75) is 11.3 Å². The molecule has 21 heavy (non-hydrogen) atoms. The van der Waals surface area contributed by atoms with Crippen molar-refractivity contribution < 1.29 is 19.1 Å². The first-order chi connectivity index (χ1) is 10.0. The van der Waals surface area contributed by atoms with Crippen molar-refractivity contribution in [1.82, 2.24) is 0 Å². The first-order valence-electron chi connectivity index (χ1n) is 6.06. The number of thiophene rings is 1. The van der Waals surface area contributed by atoms with Crippen LogP contribution in [0.4, 0.5) is 9.39 Å². The number of carboxylic acids is 1. The number of carbonyl (C=O) groups excluding carboxylic acids is 1. The molecule has 0 bridgehead atoms. The van der Waals surface area contributed by atoms with E-state index in [9.17, 15) is 14.0 Å². The Bertz CT molecular complexity index is 640. The molecule has 7 heteroatoms. The maximum atomic E-state index is 12.7. The minimum atomic E-state index is -1.01. The monoisotopic (exact) mass is 325 g/mol. The van der Waals surface area contributed by atoms with Gasteiger partial charge in [-0.25, -0.2) is 9.18 Å². The van der Waals surface area contributed by atoms with Gasteiger partial charge in [-0.1, -0.05) is 0 Å². The third-order valence-corrected chi connectivity index (χ3v) is 4.49. The van der Waals surface area contributed by atoms with Crippen LogP contribution in [0, 0.1) is 5.82 Å². The third kappa shape index (κ3) is 4.87. The summed E-state index contributed by atoms with van der Waals surface area (Å²) in [6, 6.07) is 9.10. The zero-order valence-electron chi connectivity index (χ0n) is 10.8. The highest BCUT2D eigenvalue weighted by molar-refractivity contribution is 7.99. The van der Waals surface area contributed by atoms with E-state index in [4.69, 9.17) is 5.11 Å². The second-order valence-corrected chi connectivity index (χ2v) is 6.32. The summed E-state index contributed by atoms with van der Waals surface area (Å²) in [7, 11) is 0. The zero-order valence-corrected chi connectivity index (χ0v) is 12.5. The van der Waals surface area contributed by atoms with Crippen molar-refractivity contribution in [3.63, 3.8) is 0 Å². The second kappa shape index (κ2) is 7.24. The lowest BCUT2D eigenvalue weighted by molar-refractivity contribution is -0.115. The summed E-state index contributed by atoms with van der Waals surface area (Å²) in [5.41, 5.74) is 0. The van der Waals surface area contributed by atoms with Gasteiger partial charge in [-0.2, -0.15) is 0 Å². The Morgan fingerprint density at radius 3 is 2.52 bits per heavy atom. The molecule has 1 amide bonds. The first-order valence-corrected chi connectivity index (χ1v) is 7.86. The van der Waals surface area contributed by atoms with E-state index in [0.717, 1.165) is 16.2 Å². The van der Waals surface area contributed by atoms with E-state index >= 15 is 0 Å². The van der Waals surface area contributed by atoms with Gasteiger partial charge >= 0.3 is 5.97 Å². The molecule has 0 spiro atoms. The number of aromatic carboxylic acids is 1. The summed E-state index contributed by atoms with van der Waals surface area (Å²) < 4.78 is 12.7. The number of hydrogen-bond donors (Lipinski definition) is 2. The van der Waals surface area contributed by atoms with Gasteiger partial charge in [-0.05, 0) is 36.4 Å². The average molecular weight is 325 g/mol. The molecule has 0 unspecified atom stereocenters. The van der Waals surface area contributed by atoms with Crippen LogP contribution in [0.5, 0.6) is 0 Å². The van der Waals surface area contributed by atoms with Gasteiger partial charge in [-0.3, -0.25) is 4.79 Å². The molecule has 1 aromatic heterocycles. The average Bonchev–Trinajstić information content (AvgIpc) is 2.90. The molecule has 110 valence electrons. The zero-order chi connectivity index (χ0) is 15.2. The van der Waals surface area contributed by atoms with Gasteiger partial charge in [0.25, 0.3) is 0 Å². The van der Waals surface area contributed by atoms with Crippen LogP contribution in [-0.2, 0) is 4.79 Å². The van der Waals surface area contributed by atoms with Crippen LogP contribution < -0.4 is 5.32 Å². The van der Waals surface area contributed by atoms with Crippen molar-refractivity contribution in [3.8, 4) is 0 Å². The molecular formula is C14H12FNO3S2. The van der Waals surface area contributed by atoms with E-state index in [1.54, 1.807) is 18.2 Å². The van der Waals surface area contributed by atoms with Crippen LogP contribution in [0.3, 0.4) is 0 Å². The number of thioether (sulfide) groups is 1. The number of carboxylic acid groups (broad SMARTS) is 1. The van der Waals surface area contributed by atoms with Gasteiger partial charge in [0, 0.05) is 17.1 Å². The van der Waals surface area contributed by atoms with Crippen molar-refractivity contribution in [2.24, 2.45) is 0 Å². The van der Waals surface area contributed by atoms with E-state index in [0.29, 0.717) is 17.2 Å². The first kappa shape index (κ1) is 15.5. The Hall–Kier alpha value is -1.86. The molecule has 0 atom stereocenters. The molecule has 2 rings (SSSR count). The number of halogens is 1. The van der Waals surface area contributed by atoms with Gasteiger partial charge in [0.1, 0.15) is 10.7 Å². The summed E-state index contributed by atoms with van der Waals surface area (Å²) >= 11 is 2.48. The van der Waals surface area contributed by atoms with Crippen molar-refractivity contribution in [3.05, 3.63) is 47.1 Å². The normalized spacial score (nSPS) is 10.3. The van der Waals surface area contributed by atoms with Crippen LogP contribution in [0.15, 0.2) is 41.3 Å². The highest BCUT2D eigenvalue weighted by Crippen LogP contribution is 2.23. The summed E-state index contributed by atoms with van der Waals surface area (Å²) in [6.45, 7) is 0. The molecule has 1 aromatic carbocycles. The largest absolute Gasteiger partial charge is 0.477 e. The Morgan fingerprint density at radius 1 is 1.19 bits per heavy atom. The summed E-state index contributed by atoms with van der Waals surface area (Å²) in [5.74, 6) is -0.908. The van der Waals surface area contributed by atoms with Gasteiger partial charge in [-0.15, -0.1) is 23.1 Å². The van der Waals surface area contributed by atoms with Gasteiger partial charge in [0.2, 0.25) is 5.91 Å². The van der Waals surface area contributed by atoms with Crippen LogP contribution in [0.1, 0.15) is 16.1 Å². The van der Waals surface area contributed by atoms with E-state index in [1.807, 2.05) is 0 Å². The summed E-state index contributed by atoms with van der Waals surface area (Å²) in [6.07, 6.45) is 0.294. The van der Waals surface area contributed by atoms with E-state index in [1.165, 1.54) is 30.0 Å². The number of anilines is 1. The number of carbonyl (C=O) groups is 2. The number of rotatable bonds is 6. The lowest BCUT2D eigenvalue weighted by Gasteiger charge is -2.03. The molecule has 0 saturated carbocycles. The van der Waals surface area contributed by atoms with Crippen molar-refractivity contribution in [1.29, 1.82) is 0 Å². The third-order valence-electron chi connectivity index (χ3n) is 2.49.